The molecular formula is C14H11BrClNO3S. The van der Waals surface area contributed by atoms with Crippen LogP contribution in [0.15, 0.2) is 57.9 Å². The van der Waals surface area contributed by atoms with Gasteiger partial charge in [0, 0.05) is 15.1 Å². The van der Waals surface area contributed by atoms with Gasteiger partial charge in [0.15, 0.2) is 5.78 Å². The molecule has 7 heteroatoms. The van der Waals surface area contributed by atoms with Crippen LogP contribution in [0.2, 0.25) is 5.02 Å². The molecule has 110 valence electrons. The summed E-state index contributed by atoms with van der Waals surface area (Å²) < 4.78 is 27.1. The summed E-state index contributed by atoms with van der Waals surface area (Å²) in [6.07, 6.45) is 0. The van der Waals surface area contributed by atoms with Crippen molar-refractivity contribution in [3.8, 4) is 0 Å². The highest BCUT2D eigenvalue weighted by atomic mass is 79.9. The molecule has 2 aromatic carbocycles. The van der Waals surface area contributed by atoms with Crippen LogP contribution in [0.5, 0.6) is 0 Å². The quantitative estimate of drug-likeness (QED) is 0.800. The van der Waals surface area contributed by atoms with Gasteiger partial charge in [-0.05, 0) is 36.4 Å². The average molecular weight is 389 g/mol. The van der Waals surface area contributed by atoms with E-state index in [9.17, 15) is 13.2 Å². The molecule has 21 heavy (non-hydrogen) atoms. The molecule has 0 radical (unpaired) electrons. The Hall–Kier alpha value is -1.21. The molecule has 4 nitrogen and oxygen atoms in total. The number of carbonyl (C=O) groups excluding carboxylic acids is 1. The van der Waals surface area contributed by atoms with Crippen LogP contribution in [0.25, 0.3) is 0 Å². The van der Waals surface area contributed by atoms with Crippen molar-refractivity contribution in [3.05, 3.63) is 63.6 Å². The van der Waals surface area contributed by atoms with Crippen LogP contribution in [-0.2, 0) is 10.0 Å². The van der Waals surface area contributed by atoms with E-state index in [0.29, 0.717) is 10.6 Å². The Kier molecular flexibility index (Phi) is 5.16. The predicted octanol–water partition coefficient (Wildman–Crippen LogP) is 3.26. The molecular weight excluding hydrogens is 378 g/mol. The number of carbonyl (C=O) groups is 1. The number of halogens is 2. The molecule has 0 saturated carbocycles. The van der Waals surface area contributed by atoms with Gasteiger partial charge in [0.2, 0.25) is 10.0 Å². The molecule has 0 aromatic heterocycles. The van der Waals surface area contributed by atoms with Crippen LogP contribution in [0.3, 0.4) is 0 Å². The number of benzene rings is 2. The monoisotopic (exact) mass is 387 g/mol. The maximum Gasteiger partial charge on any atom is 0.240 e. The fourth-order valence-corrected chi connectivity index (χ4v) is 3.06. The fourth-order valence-electron chi connectivity index (χ4n) is 1.62. The number of hydrogen-bond acceptors (Lipinski definition) is 3. The van der Waals surface area contributed by atoms with E-state index in [1.807, 2.05) is 0 Å². The molecule has 0 fully saturated rings. The van der Waals surface area contributed by atoms with Gasteiger partial charge in [0.1, 0.15) is 0 Å². The van der Waals surface area contributed by atoms with Gasteiger partial charge in [-0.3, -0.25) is 4.79 Å². The number of ketones is 1. The Bertz CT molecular complexity index is 760. The standard InChI is InChI=1S/C14H11BrClNO3S/c15-11-4-6-13(7-5-11)21(19,20)17-9-14(18)10-2-1-3-12(16)8-10/h1-8,17H,9H2. The molecule has 0 bridgehead atoms. The van der Waals surface area contributed by atoms with Crippen molar-refractivity contribution in [2.45, 2.75) is 4.90 Å². The van der Waals surface area contributed by atoms with E-state index in [-0.39, 0.29) is 17.2 Å². The second-order valence-corrected chi connectivity index (χ2v) is 7.33. The zero-order valence-electron chi connectivity index (χ0n) is 10.7. The Morgan fingerprint density at radius 3 is 2.43 bits per heavy atom. The molecule has 0 unspecified atom stereocenters. The molecule has 2 rings (SSSR count). The van der Waals surface area contributed by atoms with Crippen molar-refractivity contribution in [1.29, 1.82) is 0 Å². The first-order valence-corrected chi connectivity index (χ1v) is 8.58. The third-order valence-corrected chi connectivity index (χ3v) is 4.87. The van der Waals surface area contributed by atoms with Crippen LogP contribution in [0.1, 0.15) is 10.4 Å². The van der Waals surface area contributed by atoms with Crippen LogP contribution in [0, 0.1) is 0 Å². The van der Waals surface area contributed by atoms with Crippen LogP contribution in [-0.4, -0.2) is 20.7 Å². The maximum absolute atomic E-state index is 12.0. The highest BCUT2D eigenvalue weighted by molar-refractivity contribution is 9.10. The van der Waals surface area contributed by atoms with Crippen LogP contribution >= 0.6 is 27.5 Å². The molecule has 0 aliphatic rings. The first kappa shape index (κ1) is 16.2. The average Bonchev–Trinajstić information content (AvgIpc) is 2.45. The highest BCUT2D eigenvalue weighted by Crippen LogP contribution is 2.15. The molecule has 1 N–H and O–H groups in total. The summed E-state index contributed by atoms with van der Waals surface area (Å²) in [7, 11) is -3.71. The number of Topliss-reactive ketones (excluding diaryl/α,β-unsaturated/α-hetero) is 1. The van der Waals surface area contributed by atoms with Gasteiger partial charge in [-0.25, -0.2) is 13.1 Å². The van der Waals surface area contributed by atoms with Crippen molar-refractivity contribution in [2.24, 2.45) is 0 Å². The van der Waals surface area contributed by atoms with Gasteiger partial charge in [-0.1, -0.05) is 39.7 Å². The van der Waals surface area contributed by atoms with E-state index >= 15 is 0 Å². The SMILES string of the molecule is O=C(CNS(=O)(=O)c1ccc(Br)cc1)c1cccc(Cl)c1. The molecule has 0 atom stereocenters. The second kappa shape index (κ2) is 6.70. The Labute approximate surface area is 136 Å². The van der Waals surface area contributed by atoms with Gasteiger partial charge in [0.25, 0.3) is 0 Å². The van der Waals surface area contributed by atoms with E-state index in [1.54, 1.807) is 30.3 Å². The molecule has 0 saturated heterocycles. The zero-order chi connectivity index (χ0) is 15.5. The van der Waals surface area contributed by atoms with Gasteiger partial charge in [-0.2, -0.15) is 0 Å². The van der Waals surface area contributed by atoms with Crippen LogP contribution < -0.4 is 4.72 Å². The third kappa shape index (κ3) is 4.38. The van der Waals surface area contributed by atoms with Crippen LogP contribution in [0.4, 0.5) is 0 Å². The maximum atomic E-state index is 12.0. The van der Waals surface area contributed by atoms with Gasteiger partial charge in [-0.15, -0.1) is 0 Å². The predicted molar refractivity (Wildman–Crippen MR) is 85.1 cm³/mol. The van der Waals surface area contributed by atoms with E-state index in [0.717, 1.165) is 4.47 Å². The number of rotatable bonds is 5. The molecule has 0 spiro atoms. The summed E-state index contributed by atoms with van der Waals surface area (Å²) in [5.41, 5.74) is 0.362. The van der Waals surface area contributed by atoms with Crippen molar-refractivity contribution in [2.75, 3.05) is 6.54 Å². The van der Waals surface area contributed by atoms with E-state index in [2.05, 4.69) is 20.7 Å². The van der Waals surface area contributed by atoms with Gasteiger partial charge >= 0.3 is 0 Å². The minimum absolute atomic E-state index is 0.101. The molecule has 0 amide bonds. The Morgan fingerprint density at radius 1 is 1.14 bits per heavy atom. The lowest BCUT2D eigenvalue weighted by Gasteiger charge is -2.06. The second-order valence-electron chi connectivity index (χ2n) is 4.21. The zero-order valence-corrected chi connectivity index (χ0v) is 13.9. The van der Waals surface area contributed by atoms with Gasteiger partial charge in [0.05, 0.1) is 11.4 Å². The summed E-state index contributed by atoms with van der Waals surface area (Å²) in [5, 5.41) is 0.427. The summed E-state index contributed by atoms with van der Waals surface area (Å²) in [6, 6.07) is 12.5. The largest absolute Gasteiger partial charge is 0.293 e. The van der Waals surface area contributed by atoms with Crippen molar-refractivity contribution < 1.29 is 13.2 Å². The lowest BCUT2D eigenvalue weighted by Crippen LogP contribution is -2.29. The van der Waals surface area contributed by atoms with E-state index in [4.69, 9.17) is 11.6 Å². The molecule has 0 aliphatic carbocycles. The molecule has 0 aliphatic heterocycles. The summed E-state index contributed by atoms with van der Waals surface area (Å²) in [5.74, 6) is -0.349. The lowest BCUT2D eigenvalue weighted by molar-refractivity contribution is 0.0997. The first-order chi connectivity index (χ1) is 9.88. The normalized spacial score (nSPS) is 11.3. The fraction of sp³-hybridized carbons (Fsp3) is 0.0714. The van der Waals surface area contributed by atoms with E-state index < -0.39 is 10.0 Å². The number of hydrogen-bond donors (Lipinski definition) is 1. The Balaban J connectivity index is 2.08. The summed E-state index contributed by atoms with van der Waals surface area (Å²) in [4.78, 5) is 12.0. The number of nitrogens with one attached hydrogen (secondary N) is 1. The van der Waals surface area contributed by atoms with Crippen molar-refractivity contribution >= 4 is 43.3 Å². The highest BCUT2D eigenvalue weighted by Gasteiger charge is 2.16. The lowest BCUT2D eigenvalue weighted by atomic mass is 10.1. The summed E-state index contributed by atoms with van der Waals surface area (Å²) in [6.45, 7) is -0.321. The minimum Gasteiger partial charge on any atom is -0.293 e. The van der Waals surface area contributed by atoms with Crippen molar-refractivity contribution in [3.63, 3.8) is 0 Å². The topological polar surface area (TPSA) is 63.2 Å². The smallest absolute Gasteiger partial charge is 0.240 e. The minimum atomic E-state index is -3.71. The Morgan fingerprint density at radius 2 is 1.81 bits per heavy atom. The van der Waals surface area contributed by atoms with E-state index in [1.165, 1.54) is 18.2 Å². The first-order valence-electron chi connectivity index (χ1n) is 5.92. The number of sulfonamides is 1. The molecule has 2 aromatic rings. The third-order valence-electron chi connectivity index (χ3n) is 2.69. The summed E-state index contributed by atoms with van der Waals surface area (Å²) >= 11 is 9.02. The molecule has 0 heterocycles. The van der Waals surface area contributed by atoms with Crippen molar-refractivity contribution in [1.82, 2.24) is 4.72 Å². The van der Waals surface area contributed by atoms with Gasteiger partial charge < -0.3 is 0 Å².